The number of pyridine rings is 2. The molecule has 1 N–H and O–H groups in total. The molecule has 4 heterocycles. The van der Waals surface area contributed by atoms with Gasteiger partial charge in [-0.2, -0.15) is 0 Å². The molecule has 5 aromatic rings. The lowest BCUT2D eigenvalue weighted by molar-refractivity contribution is 1.00. The van der Waals surface area contributed by atoms with Crippen LogP contribution in [0.4, 0.5) is 5.82 Å². The lowest BCUT2D eigenvalue weighted by Crippen LogP contribution is -2.08. The van der Waals surface area contributed by atoms with Gasteiger partial charge in [-0.25, -0.2) is 15.0 Å². The highest BCUT2D eigenvalue weighted by atomic mass is 15.0. The summed E-state index contributed by atoms with van der Waals surface area (Å²) >= 11 is 0. The first-order chi connectivity index (χ1) is 14.3. The highest BCUT2D eigenvalue weighted by Gasteiger charge is 2.12. The third-order valence-electron chi connectivity index (χ3n) is 5.04. The van der Waals surface area contributed by atoms with Gasteiger partial charge in [0.05, 0.1) is 5.52 Å². The Morgan fingerprint density at radius 2 is 1.86 bits per heavy atom. The number of hydrogen-bond donors (Lipinski definition) is 1. The quantitative estimate of drug-likeness (QED) is 0.492. The molecule has 4 aromatic heterocycles. The zero-order chi connectivity index (χ0) is 19.6. The smallest absolute Gasteiger partial charge is 0.163 e. The number of aromatic nitrogens is 5. The van der Waals surface area contributed by atoms with Crippen LogP contribution >= 0.6 is 0 Å². The first kappa shape index (κ1) is 17.3. The number of para-hydroxylation sites is 1. The zero-order valence-corrected chi connectivity index (χ0v) is 16.1. The van der Waals surface area contributed by atoms with Gasteiger partial charge in [0.2, 0.25) is 0 Å². The van der Waals surface area contributed by atoms with Gasteiger partial charge in [-0.1, -0.05) is 12.1 Å². The van der Waals surface area contributed by atoms with Crippen LogP contribution in [0.1, 0.15) is 11.1 Å². The van der Waals surface area contributed by atoms with Crippen molar-refractivity contribution in [3.63, 3.8) is 0 Å². The van der Waals surface area contributed by atoms with Gasteiger partial charge in [0, 0.05) is 48.5 Å². The number of nitrogens with one attached hydrogen (secondary N) is 1. The second kappa shape index (κ2) is 7.31. The average molecular weight is 380 g/mol. The monoisotopic (exact) mass is 380 g/mol. The summed E-state index contributed by atoms with van der Waals surface area (Å²) in [5, 5.41) is 4.53. The van der Waals surface area contributed by atoms with Gasteiger partial charge in [0.25, 0.3) is 0 Å². The molecule has 0 aliphatic rings. The lowest BCUT2D eigenvalue weighted by atomic mass is 10.1. The van der Waals surface area contributed by atoms with Crippen LogP contribution in [0.5, 0.6) is 0 Å². The summed E-state index contributed by atoms with van der Waals surface area (Å²) in [6.45, 7) is 2.85. The fourth-order valence-corrected chi connectivity index (χ4v) is 3.50. The molecule has 0 saturated carbocycles. The van der Waals surface area contributed by atoms with Crippen LogP contribution in [-0.2, 0) is 6.42 Å². The topological polar surface area (TPSA) is 68.0 Å². The van der Waals surface area contributed by atoms with E-state index in [0.717, 1.165) is 46.5 Å². The molecule has 0 atom stereocenters. The Morgan fingerprint density at radius 3 is 2.76 bits per heavy atom. The molecule has 0 unspecified atom stereocenters. The van der Waals surface area contributed by atoms with Gasteiger partial charge in [-0.05, 0) is 54.8 Å². The van der Waals surface area contributed by atoms with Crippen molar-refractivity contribution in [1.29, 1.82) is 0 Å². The van der Waals surface area contributed by atoms with Gasteiger partial charge in [-0.15, -0.1) is 0 Å². The Hall–Kier alpha value is -3.80. The number of anilines is 1. The van der Waals surface area contributed by atoms with E-state index in [0.29, 0.717) is 5.82 Å². The van der Waals surface area contributed by atoms with Crippen molar-refractivity contribution >= 4 is 22.4 Å². The molecule has 0 radical (unpaired) electrons. The highest BCUT2D eigenvalue weighted by molar-refractivity contribution is 5.90. The Morgan fingerprint density at radius 1 is 1.00 bits per heavy atom. The molecule has 0 amide bonds. The van der Waals surface area contributed by atoms with Crippen molar-refractivity contribution in [3.8, 4) is 11.4 Å². The van der Waals surface area contributed by atoms with Crippen LogP contribution in [0.3, 0.4) is 0 Å². The number of fused-ring (bicyclic) bond motifs is 2. The highest BCUT2D eigenvalue weighted by Crippen LogP contribution is 2.27. The minimum Gasteiger partial charge on any atom is -0.369 e. The van der Waals surface area contributed by atoms with Gasteiger partial charge in [0.1, 0.15) is 11.5 Å². The zero-order valence-electron chi connectivity index (χ0n) is 16.1. The van der Waals surface area contributed by atoms with Crippen molar-refractivity contribution in [3.05, 3.63) is 84.6 Å². The van der Waals surface area contributed by atoms with E-state index in [-0.39, 0.29) is 0 Å². The van der Waals surface area contributed by atoms with Crippen molar-refractivity contribution in [1.82, 2.24) is 24.3 Å². The molecule has 29 heavy (non-hydrogen) atoms. The first-order valence-electron chi connectivity index (χ1n) is 9.61. The molecule has 6 heteroatoms. The maximum absolute atomic E-state index is 4.89. The largest absolute Gasteiger partial charge is 0.369 e. The number of benzene rings is 1. The maximum Gasteiger partial charge on any atom is 0.163 e. The Kier molecular flexibility index (Phi) is 4.37. The summed E-state index contributed by atoms with van der Waals surface area (Å²) in [6.07, 6.45) is 10.3. The van der Waals surface area contributed by atoms with E-state index in [1.807, 2.05) is 59.5 Å². The molecule has 0 aliphatic carbocycles. The third kappa shape index (κ3) is 3.40. The molecule has 0 saturated heterocycles. The summed E-state index contributed by atoms with van der Waals surface area (Å²) in [5.74, 6) is 1.56. The molecule has 5 rings (SSSR count). The molecular weight excluding hydrogens is 360 g/mol. The minimum atomic E-state index is 0.711. The fraction of sp³-hybridized carbons (Fsp3) is 0.130. The van der Waals surface area contributed by atoms with E-state index in [1.54, 1.807) is 6.20 Å². The van der Waals surface area contributed by atoms with Crippen LogP contribution in [-0.4, -0.2) is 30.9 Å². The molecule has 0 aliphatic heterocycles. The molecule has 142 valence electrons. The summed E-state index contributed by atoms with van der Waals surface area (Å²) in [6, 6.07) is 14.2. The Labute approximate surface area is 168 Å². The third-order valence-corrected chi connectivity index (χ3v) is 5.04. The van der Waals surface area contributed by atoms with Crippen LogP contribution < -0.4 is 5.32 Å². The summed E-state index contributed by atoms with van der Waals surface area (Å²) in [4.78, 5) is 18.1. The van der Waals surface area contributed by atoms with E-state index in [4.69, 9.17) is 9.97 Å². The number of imidazole rings is 1. The van der Waals surface area contributed by atoms with E-state index in [9.17, 15) is 0 Å². The number of aryl methyl sites for hydroxylation is 1. The minimum absolute atomic E-state index is 0.711. The van der Waals surface area contributed by atoms with Gasteiger partial charge >= 0.3 is 0 Å². The fourth-order valence-electron chi connectivity index (χ4n) is 3.50. The van der Waals surface area contributed by atoms with Gasteiger partial charge in [0.15, 0.2) is 5.82 Å². The molecule has 6 nitrogen and oxygen atoms in total. The number of rotatable bonds is 5. The molecule has 0 spiro atoms. The van der Waals surface area contributed by atoms with E-state index in [1.165, 1.54) is 5.56 Å². The van der Waals surface area contributed by atoms with Gasteiger partial charge < -0.3 is 9.72 Å². The Balaban J connectivity index is 1.53. The summed E-state index contributed by atoms with van der Waals surface area (Å²) < 4.78 is 2.00. The van der Waals surface area contributed by atoms with Crippen LogP contribution in [0.2, 0.25) is 0 Å². The molecule has 0 bridgehead atoms. The predicted octanol–water partition coefficient (Wildman–Crippen LogP) is 4.30. The van der Waals surface area contributed by atoms with E-state index in [2.05, 4.69) is 34.3 Å². The SMILES string of the molecule is Cc1cc2nccn2cc1-c1nc(NCCc2ccncc2)c2ccccc2n1. The molecule has 1 aromatic carbocycles. The van der Waals surface area contributed by atoms with Crippen LogP contribution in [0.15, 0.2) is 73.4 Å². The Bertz CT molecular complexity index is 1290. The predicted molar refractivity (Wildman–Crippen MR) is 115 cm³/mol. The first-order valence-corrected chi connectivity index (χ1v) is 9.61. The van der Waals surface area contributed by atoms with E-state index >= 15 is 0 Å². The standard InChI is InChI=1S/C23H20N6/c1-16-14-21-25-12-13-29(21)15-19(16)23-27-20-5-3-2-4-18(20)22(28-23)26-11-8-17-6-9-24-10-7-17/h2-7,9-10,12-15H,8,11H2,1H3,(H,26,27,28). The van der Waals surface area contributed by atoms with Crippen molar-refractivity contribution in [2.24, 2.45) is 0 Å². The van der Waals surface area contributed by atoms with Crippen molar-refractivity contribution in [2.75, 3.05) is 11.9 Å². The normalized spacial score (nSPS) is 11.2. The molecular formula is C23H20N6. The van der Waals surface area contributed by atoms with Crippen molar-refractivity contribution in [2.45, 2.75) is 13.3 Å². The molecule has 0 fully saturated rings. The average Bonchev–Trinajstić information content (AvgIpc) is 3.21. The number of nitrogens with zero attached hydrogens (tertiary/aromatic N) is 5. The summed E-state index contributed by atoms with van der Waals surface area (Å²) in [5.41, 5.74) is 5.18. The van der Waals surface area contributed by atoms with E-state index < -0.39 is 0 Å². The summed E-state index contributed by atoms with van der Waals surface area (Å²) in [7, 11) is 0. The van der Waals surface area contributed by atoms with Gasteiger partial charge in [-0.3, -0.25) is 4.98 Å². The second-order valence-corrected chi connectivity index (χ2v) is 7.01. The van der Waals surface area contributed by atoms with Crippen LogP contribution in [0.25, 0.3) is 27.9 Å². The van der Waals surface area contributed by atoms with Crippen molar-refractivity contribution < 1.29 is 0 Å². The van der Waals surface area contributed by atoms with Crippen LogP contribution in [0, 0.1) is 6.92 Å². The maximum atomic E-state index is 4.89. The lowest BCUT2D eigenvalue weighted by Gasteiger charge is -2.12. The number of hydrogen-bond acceptors (Lipinski definition) is 5. The second-order valence-electron chi connectivity index (χ2n) is 7.01.